The number of aryl methyl sites for hydroxylation is 2. The lowest BCUT2D eigenvalue weighted by Gasteiger charge is -2.36. The Balaban J connectivity index is 3.22. The van der Waals surface area contributed by atoms with Gasteiger partial charge in [-0.2, -0.15) is 5.10 Å². The van der Waals surface area contributed by atoms with Crippen molar-refractivity contribution in [3.8, 4) is 0 Å². The van der Waals surface area contributed by atoms with Crippen LogP contribution < -0.4 is 4.90 Å². The summed E-state index contributed by atoms with van der Waals surface area (Å²) in [5.41, 5.74) is 1.25. The van der Waals surface area contributed by atoms with Gasteiger partial charge >= 0.3 is 0 Å². The fourth-order valence-corrected chi connectivity index (χ4v) is 1.69. The minimum Gasteiger partial charge on any atom is -0.394 e. The average Bonchev–Trinajstić information content (AvgIpc) is 2.51. The molecule has 0 aliphatic carbocycles. The topological polar surface area (TPSA) is 61.5 Å². The predicted octanol–water partition coefficient (Wildman–Crippen LogP) is 0.428. The van der Waals surface area contributed by atoms with Crippen LogP contribution in [-0.4, -0.2) is 39.2 Å². The number of hydrogen-bond donors (Lipinski definition) is 2. The van der Waals surface area contributed by atoms with Crippen LogP contribution in [0.1, 0.15) is 25.1 Å². The van der Waals surface area contributed by atoms with Gasteiger partial charge in [0.25, 0.3) is 0 Å². The molecule has 1 aromatic heterocycles. The van der Waals surface area contributed by atoms with Crippen LogP contribution in [0.25, 0.3) is 0 Å². The third-order valence-corrected chi connectivity index (χ3v) is 3.08. The monoisotopic (exact) mass is 227 g/mol. The Morgan fingerprint density at radius 2 is 1.94 bits per heavy atom. The summed E-state index contributed by atoms with van der Waals surface area (Å²) in [5, 5.41) is 23.0. The molecule has 92 valence electrons. The molecule has 0 aliphatic rings. The average molecular weight is 227 g/mol. The molecule has 0 amide bonds. The molecule has 1 aromatic rings. The van der Waals surface area contributed by atoms with Gasteiger partial charge in [0, 0.05) is 19.7 Å². The lowest BCUT2D eigenvalue weighted by molar-refractivity contribution is 0.214. The van der Waals surface area contributed by atoms with Crippen molar-refractivity contribution in [2.75, 3.05) is 18.6 Å². The molecule has 0 aliphatic heterocycles. The maximum atomic E-state index is 9.36. The number of aliphatic hydroxyl groups is 2. The van der Waals surface area contributed by atoms with Crippen LogP contribution in [0.4, 0.5) is 5.82 Å². The van der Waals surface area contributed by atoms with Gasteiger partial charge in [-0.05, 0) is 20.8 Å². The number of aromatic nitrogens is 2. The SMILES string of the molecule is Cc1nn(C)c(N(C)C(C)(C)CO)c1CO. The minimum absolute atomic E-state index is 0.0403. The molecule has 0 bridgehead atoms. The highest BCUT2D eigenvalue weighted by Gasteiger charge is 2.27. The number of nitrogens with zero attached hydrogens (tertiary/aromatic N) is 3. The van der Waals surface area contributed by atoms with E-state index < -0.39 is 0 Å². The summed E-state index contributed by atoms with van der Waals surface area (Å²) in [5.74, 6) is 0.846. The third-order valence-electron chi connectivity index (χ3n) is 3.08. The first kappa shape index (κ1) is 13.0. The summed E-state index contributed by atoms with van der Waals surface area (Å²) in [4.78, 5) is 1.94. The largest absolute Gasteiger partial charge is 0.394 e. The van der Waals surface area contributed by atoms with E-state index >= 15 is 0 Å². The van der Waals surface area contributed by atoms with Crippen LogP contribution in [0.15, 0.2) is 0 Å². The summed E-state index contributed by atoms with van der Waals surface area (Å²) >= 11 is 0. The van der Waals surface area contributed by atoms with Crippen LogP contribution in [0.2, 0.25) is 0 Å². The Morgan fingerprint density at radius 3 is 2.38 bits per heavy atom. The van der Waals surface area contributed by atoms with Crippen molar-refractivity contribution in [1.82, 2.24) is 9.78 Å². The zero-order valence-electron chi connectivity index (χ0n) is 10.7. The van der Waals surface area contributed by atoms with Gasteiger partial charge < -0.3 is 15.1 Å². The van der Waals surface area contributed by atoms with Crippen molar-refractivity contribution in [1.29, 1.82) is 0 Å². The summed E-state index contributed by atoms with van der Waals surface area (Å²) in [7, 11) is 3.73. The first-order chi connectivity index (χ1) is 7.35. The Morgan fingerprint density at radius 1 is 1.38 bits per heavy atom. The second kappa shape index (κ2) is 4.43. The first-order valence-corrected chi connectivity index (χ1v) is 5.33. The standard InChI is InChI=1S/C11H21N3O2/c1-8-9(6-15)10(14(5)12-8)13(4)11(2,3)7-16/h15-16H,6-7H2,1-5H3. The lowest BCUT2D eigenvalue weighted by Crippen LogP contribution is -2.45. The summed E-state index contributed by atoms with van der Waals surface area (Å²) in [6.07, 6.45) is 0. The Hall–Kier alpha value is -1.07. The first-order valence-electron chi connectivity index (χ1n) is 5.33. The normalized spacial score (nSPS) is 11.9. The molecule has 0 radical (unpaired) electrons. The molecule has 0 saturated heterocycles. The molecule has 0 unspecified atom stereocenters. The smallest absolute Gasteiger partial charge is 0.132 e. The number of likely N-dealkylation sites (N-methyl/N-ethyl adjacent to an activating group) is 1. The van der Waals surface area contributed by atoms with E-state index in [9.17, 15) is 10.2 Å². The van der Waals surface area contributed by atoms with E-state index in [0.29, 0.717) is 0 Å². The van der Waals surface area contributed by atoms with Gasteiger partial charge in [-0.25, -0.2) is 0 Å². The van der Waals surface area contributed by atoms with Gasteiger partial charge in [0.1, 0.15) is 5.82 Å². The Labute approximate surface area is 96.3 Å². The number of aliphatic hydroxyl groups excluding tert-OH is 2. The van der Waals surface area contributed by atoms with Crippen molar-refractivity contribution in [2.45, 2.75) is 32.9 Å². The van der Waals surface area contributed by atoms with Crippen molar-refractivity contribution in [3.63, 3.8) is 0 Å². The molecule has 5 heteroatoms. The number of hydrogen-bond acceptors (Lipinski definition) is 4. The molecule has 1 heterocycles. The van der Waals surface area contributed by atoms with E-state index in [2.05, 4.69) is 5.10 Å². The van der Waals surface area contributed by atoms with Crippen molar-refractivity contribution < 1.29 is 10.2 Å². The van der Waals surface area contributed by atoms with Crippen molar-refractivity contribution >= 4 is 5.82 Å². The van der Waals surface area contributed by atoms with Crippen molar-refractivity contribution in [3.05, 3.63) is 11.3 Å². The second-order valence-corrected chi connectivity index (χ2v) is 4.70. The highest BCUT2D eigenvalue weighted by atomic mass is 16.3. The molecule has 0 fully saturated rings. The quantitative estimate of drug-likeness (QED) is 0.783. The van der Waals surface area contributed by atoms with Crippen LogP contribution >= 0.6 is 0 Å². The lowest BCUT2D eigenvalue weighted by atomic mass is 10.0. The Kier molecular flexibility index (Phi) is 3.60. The van der Waals surface area contributed by atoms with E-state index in [0.717, 1.165) is 17.1 Å². The number of rotatable bonds is 4. The molecule has 16 heavy (non-hydrogen) atoms. The van der Waals surface area contributed by atoms with Gasteiger partial charge in [0.15, 0.2) is 0 Å². The minimum atomic E-state index is -0.385. The molecule has 0 atom stereocenters. The maximum Gasteiger partial charge on any atom is 0.132 e. The van der Waals surface area contributed by atoms with Crippen LogP contribution in [0.5, 0.6) is 0 Å². The van der Waals surface area contributed by atoms with Gasteiger partial charge in [-0.1, -0.05) is 0 Å². The zero-order valence-corrected chi connectivity index (χ0v) is 10.7. The molecule has 0 aromatic carbocycles. The Bertz CT molecular complexity index is 372. The fraction of sp³-hybridized carbons (Fsp3) is 0.727. The predicted molar refractivity (Wildman–Crippen MR) is 63.4 cm³/mol. The highest BCUT2D eigenvalue weighted by Crippen LogP contribution is 2.27. The van der Waals surface area contributed by atoms with E-state index in [4.69, 9.17) is 0 Å². The van der Waals surface area contributed by atoms with E-state index in [-0.39, 0.29) is 18.8 Å². The van der Waals surface area contributed by atoms with E-state index in [1.807, 2.05) is 39.8 Å². The molecule has 5 nitrogen and oxygen atoms in total. The maximum absolute atomic E-state index is 9.36. The van der Waals surface area contributed by atoms with Gasteiger partial charge in [0.05, 0.1) is 24.4 Å². The second-order valence-electron chi connectivity index (χ2n) is 4.70. The zero-order chi connectivity index (χ0) is 12.5. The fourth-order valence-electron chi connectivity index (χ4n) is 1.69. The van der Waals surface area contributed by atoms with Gasteiger partial charge in [0.2, 0.25) is 0 Å². The van der Waals surface area contributed by atoms with E-state index in [1.165, 1.54) is 0 Å². The molecular weight excluding hydrogens is 206 g/mol. The third kappa shape index (κ3) is 2.05. The molecule has 1 rings (SSSR count). The molecular formula is C11H21N3O2. The molecule has 0 spiro atoms. The van der Waals surface area contributed by atoms with Crippen LogP contribution in [-0.2, 0) is 13.7 Å². The molecule has 2 N–H and O–H groups in total. The van der Waals surface area contributed by atoms with E-state index in [1.54, 1.807) is 4.68 Å². The van der Waals surface area contributed by atoms with Crippen LogP contribution in [0.3, 0.4) is 0 Å². The number of anilines is 1. The van der Waals surface area contributed by atoms with Crippen LogP contribution in [0, 0.1) is 6.92 Å². The highest BCUT2D eigenvalue weighted by molar-refractivity contribution is 5.51. The van der Waals surface area contributed by atoms with Crippen molar-refractivity contribution in [2.24, 2.45) is 7.05 Å². The van der Waals surface area contributed by atoms with Gasteiger partial charge in [-0.15, -0.1) is 0 Å². The summed E-state index contributed by atoms with van der Waals surface area (Å²) in [6.45, 7) is 5.75. The van der Waals surface area contributed by atoms with Gasteiger partial charge in [-0.3, -0.25) is 4.68 Å². The summed E-state index contributed by atoms with van der Waals surface area (Å²) in [6, 6.07) is 0. The molecule has 0 saturated carbocycles. The summed E-state index contributed by atoms with van der Waals surface area (Å²) < 4.78 is 1.73.